The minimum atomic E-state index is -0.237. The molecule has 0 fully saturated rings. The van der Waals surface area contributed by atoms with Gasteiger partial charge in [0.25, 0.3) is 0 Å². The molecule has 1 aromatic carbocycles. The van der Waals surface area contributed by atoms with Crippen molar-refractivity contribution in [2.45, 2.75) is 39.7 Å². The number of nitrogens with one attached hydrogen (secondary N) is 2. The highest BCUT2D eigenvalue weighted by molar-refractivity contribution is 5.79. The van der Waals surface area contributed by atoms with Crippen LogP contribution in [0.2, 0.25) is 0 Å². The van der Waals surface area contributed by atoms with Crippen LogP contribution < -0.4 is 10.6 Å². The minimum absolute atomic E-state index is 0.237. The van der Waals surface area contributed by atoms with Crippen molar-refractivity contribution in [1.29, 1.82) is 0 Å². The van der Waals surface area contributed by atoms with Crippen LogP contribution in [-0.2, 0) is 11.2 Å². The van der Waals surface area contributed by atoms with E-state index in [9.17, 15) is 0 Å². The van der Waals surface area contributed by atoms with Crippen LogP contribution in [-0.4, -0.2) is 38.3 Å². The van der Waals surface area contributed by atoms with Gasteiger partial charge in [-0.2, -0.15) is 0 Å². The number of guanidine groups is 1. The highest BCUT2D eigenvalue weighted by atomic mass is 16.5. The van der Waals surface area contributed by atoms with Crippen molar-refractivity contribution in [3.63, 3.8) is 0 Å². The third kappa shape index (κ3) is 7.14. The lowest BCUT2D eigenvalue weighted by molar-refractivity contribution is 0.0310. The standard InChI is InChI=1S/C17H29N3O/c1-6-18-16(20-13-17(3,4)21-5)19-11-10-15-9-7-8-14(2)12-15/h7-9,12H,6,10-11,13H2,1-5H3,(H2,18,19,20). The first-order valence-electron chi connectivity index (χ1n) is 7.59. The monoisotopic (exact) mass is 291 g/mol. The van der Waals surface area contributed by atoms with Gasteiger partial charge in [0.1, 0.15) is 0 Å². The molecule has 0 saturated heterocycles. The fourth-order valence-electron chi connectivity index (χ4n) is 1.87. The summed E-state index contributed by atoms with van der Waals surface area (Å²) in [5.41, 5.74) is 2.41. The number of aryl methyl sites for hydroxylation is 1. The van der Waals surface area contributed by atoms with Crippen LogP contribution in [0.3, 0.4) is 0 Å². The second-order valence-electron chi connectivity index (χ2n) is 5.82. The third-order valence-electron chi connectivity index (χ3n) is 3.30. The molecule has 0 aromatic heterocycles. The fraction of sp³-hybridized carbons (Fsp3) is 0.588. The first-order chi connectivity index (χ1) is 9.96. The molecule has 4 heteroatoms. The molecule has 0 amide bonds. The van der Waals surface area contributed by atoms with E-state index in [1.54, 1.807) is 7.11 Å². The molecule has 0 spiro atoms. The van der Waals surface area contributed by atoms with Gasteiger partial charge in [-0.3, -0.25) is 4.99 Å². The van der Waals surface area contributed by atoms with Gasteiger partial charge < -0.3 is 15.4 Å². The Morgan fingerprint density at radius 2 is 2.05 bits per heavy atom. The van der Waals surface area contributed by atoms with Crippen molar-refractivity contribution in [3.8, 4) is 0 Å². The van der Waals surface area contributed by atoms with E-state index in [0.29, 0.717) is 6.54 Å². The van der Waals surface area contributed by atoms with Crippen LogP contribution in [0.4, 0.5) is 0 Å². The molecule has 0 atom stereocenters. The molecule has 1 aromatic rings. The van der Waals surface area contributed by atoms with E-state index in [2.05, 4.69) is 53.7 Å². The van der Waals surface area contributed by atoms with Crippen LogP contribution in [0.25, 0.3) is 0 Å². The molecule has 0 saturated carbocycles. The number of hydrogen-bond donors (Lipinski definition) is 2. The largest absolute Gasteiger partial charge is 0.377 e. The van der Waals surface area contributed by atoms with Crippen LogP contribution in [0.1, 0.15) is 31.9 Å². The molecule has 0 bridgehead atoms. The Bertz CT molecular complexity index is 455. The smallest absolute Gasteiger partial charge is 0.191 e. The van der Waals surface area contributed by atoms with Gasteiger partial charge >= 0.3 is 0 Å². The maximum atomic E-state index is 5.39. The SMILES string of the molecule is CCNC(=NCC(C)(C)OC)NCCc1cccc(C)c1. The van der Waals surface area contributed by atoms with Crippen molar-refractivity contribution in [2.75, 3.05) is 26.7 Å². The van der Waals surface area contributed by atoms with Crippen LogP contribution in [0.15, 0.2) is 29.3 Å². The number of aliphatic imine (C=N–C) groups is 1. The van der Waals surface area contributed by atoms with E-state index < -0.39 is 0 Å². The predicted octanol–water partition coefficient (Wildman–Crippen LogP) is 2.52. The van der Waals surface area contributed by atoms with Gasteiger partial charge in [-0.05, 0) is 39.7 Å². The van der Waals surface area contributed by atoms with Gasteiger partial charge in [0.05, 0.1) is 12.1 Å². The summed E-state index contributed by atoms with van der Waals surface area (Å²) < 4.78 is 5.39. The summed E-state index contributed by atoms with van der Waals surface area (Å²) >= 11 is 0. The molecule has 21 heavy (non-hydrogen) atoms. The summed E-state index contributed by atoms with van der Waals surface area (Å²) in [6.07, 6.45) is 0.986. The summed E-state index contributed by atoms with van der Waals surface area (Å²) in [6.45, 7) is 10.6. The number of ether oxygens (including phenoxy) is 1. The quantitative estimate of drug-likeness (QED) is 0.599. The normalized spacial score (nSPS) is 12.3. The molecule has 0 aliphatic rings. The van der Waals surface area contributed by atoms with E-state index in [1.807, 2.05) is 13.8 Å². The predicted molar refractivity (Wildman–Crippen MR) is 90.0 cm³/mol. The molecule has 1 rings (SSSR count). The second kappa shape index (κ2) is 8.67. The van der Waals surface area contributed by atoms with E-state index in [-0.39, 0.29) is 5.60 Å². The topological polar surface area (TPSA) is 45.7 Å². The van der Waals surface area contributed by atoms with Gasteiger partial charge in [-0.25, -0.2) is 0 Å². The molecule has 118 valence electrons. The molecule has 0 aliphatic carbocycles. The van der Waals surface area contributed by atoms with Crippen molar-refractivity contribution in [2.24, 2.45) is 4.99 Å². The highest BCUT2D eigenvalue weighted by Gasteiger charge is 2.15. The Kier molecular flexibility index (Phi) is 7.23. The van der Waals surface area contributed by atoms with Crippen LogP contribution >= 0.6 is 0 Å². The summed E-state index contributed by atoms with van der Waals surface area (Å²) in [7, 11) is 1.72. The lowest BCUT2D eigenvalue weighted by Gasteiger charge is -2.21. The van der Waals surface area contributed by atoms with Gasteiger partial charge in [-0.1, -0.05) is 29.8 Å². The summed E-state index contributed by atoms with van der Waals surface area (Å²) in [5.74, 6) is 0.843. The van der Waals surface area contributed by atoms with Crippen LogP contribution in [0, 0.1) is 6.92 Å². The maximum Gasteiger partial charge on any atom is 0.191 e. The Balaban J connectivity index is 2.49. The molecule has 0 heterocycles. The average Bonchev–Trinajstić information content (AvgIpc) is 2.45. The number of benzene rings is 1. The lowest BCUT2D eigenvalue weighted by atomic mass is 10.1. The highest BCUT2D eigenvalue weighted by Crippen LogP contribution is 2.07. The van der Waals surface area contributed by atoms with Crippen molar-refractivity contribution < 1.29 is 4.74 Å². The molecular weight excluding hydrogens is 262 g/mol. The fourth-order valence-corrected chi connectivity index (χ4v) is 1.87. The van der Waals surface area contributed by atoms with Crippen molar-refractivity contribution in [1.82, 2.24) is 10.6 Å². The van der Waals surface area contributed by atoms with E-state index in [0.717, 1.165) is 25.5 Å². The van der Waals surface area contributed by atoms with E-state index >= 15 is 0 Å². The minimum Gasteiger partial charge on any atom is -0.377 e. The molecule has 0 radical (unpaired) electrons. The molecule has 0 unspecified atom stereocenters. The Labute approximate surface area is 129 Å². The summed E-state index contributed by atoms with van der Waals surface area (Å²) in [4.78, 5) is 4.57. The molecular formula is C17H29N3O. The number of rotatable bonds is 7. The van der Waals surface area contributed by atoms with Crippen molar-refractivity contribution in [3.05, 3.63) is 35.4 Å². The zero-order chi connectivity index (χ0) is 15.7. The average molecular weight is 291 g/mol. The summed E-state index contributed by atoms with van der Waals surface area (Å²) in [5, 5.41) is 6.63. The number of hydrogen-bond acceptors (Lipinski definition) is 2. The molecule has 2 N–H and O–H groups in total. The Hall–Kier alpha value is -1.55. The molecule has 0 aliphatic heterocycles. The molecule has 4 nitrogen and oxygen atoms in total. The Morgan fingerprint density at radius 1 is 1.29 bits per heavy atom. The zero-order valence-electron chi connectivity index (χ0n) is 14.0. The summed E-state index contributed by atoms with van der Waals surface area (Å²) in [6, 6.07) is 8.60. The number of methoxy groups -OCH3 is 1. The number of nitrogens with zero attached hydrogens (tertiary/aromatic N) is 1. The first-order valence-corrected chi connectivity index (χ1v) is 7.59. The lowest BCUT2D eigenvalue weighted by Crippen LogP contribution is -2.40. The van der Waals surface area contributed by atoms with Gasteiger partial charge in [-0.15, -0.1) is 0 Å². The van der Waals surface area contributed by atoms with Crippen LogP contribution in [0.5, 0.6) is 0 Å². The van der Waals surface area contributed by atoms with E-state index in [1.165, 1.54) is 11.1 Å². The van der Waals surface area contributed by atoms with Gasteiger partial charge in [0.15, 0.2) is 5.96 Å². The zero-order valence-corrected chi connectivity index (χ0v) is 14.0. The van der Waals surface area contributed by atoms with E-state index in [4.69, 9.17) is 4.74 Å². The first kappa shape index (κ1) is 17.5. The van der Waals surface area contributed by atoms with Gasteiger partial charge in [0.2, 0.25) is 0 Å². The third-order valence-corrected chi connectivity index (χ3v) is 3.30. The Morgan fingerprint density at radius 3 is 2.67 bits per heavy atom. The van der Waals surface area contributed by atoms with Gasteiger partial charge in [0, 0.05) is 20.2 Å². The maximum absolute atomic E-state index is 5.39. The van der Waals surface area contributed by atoms with Crippen molar-refractivity contribution >= 4 is 5.96 Å². The second-order valence-corrected chi connectivity index (χ2v) is 5.82.